The molecule has 0 radical (unpaired) electrons. The van der Waals surface area contributed by atoms with Gasteiger partial charge in [0.2, 0.25) is 0 Å². The van der Waals surface area contributed by atoms with Crippen LogP contribution in [-0.2, 0) is 6.54 Å². The summed E-state index contributed by atoms with van der Waals surface area (Å²) in [6, 6.07) is 20.2. The smallest absolute Gasteiger partial charge is 0.103 e. The van der Waals surface area contributed by atoms with Crippen LogP contribution in [0.25, 0.3) is 11.1 Å². The Labute approximate surface area is 206 Å². The fourth-order valence-electron chi connectivity index (χ4n) is 3.58. The van der Waals surface area contributed by atoms with E-state index in [0.29, 0.717) is 12.1 Å². The van der Waals surface area contributed by atoms with E-state index >= 15 is 0 Å². The molecule has 0 amide bonds. The van der Waals surface area contributed by atoms with Gasteiger partial charge in [0.05, 0.1) is 29.6 Å². The molecule has 0 fully saturated rings. The number of aliphatic imine (C=N–C) groups is 2. The molecule has 1 heterocycles. The molecule has 0 spiro atoms. The highest BCUT2D eigenvalue weighted by atomic mass is 32.1. The minimum atomic E-state index is 0.554. The highest BCUT2D eigenvalue weighted by Crippen LogP contribution is 2.37. The van der Waals surface area contributed by atoms with Gasteiger partial charge in [0.25, 0.3) is 0 Å². The SMILES string of the molecule is CC=NC(=C\CC)/C(=C/C)Nc1scc(-c2ccccc2)c1C(C)=NCc1ccc(C#N)cc1. The van der Waals surface area contributed by atoms with E-state index in [1.807, 2.05) is 50.4 Å². The zero-order valence-corrected chi connectivity index (χ0v) is 21.0. The van der Waals surface area contributed by atoms with Gasteiger partial charge in [-0.1, -0.05) is 61.5 Å². The first-order chi connectivity index (χ1) is 16.6. The van der Waals surface area contributed by atoms with Crippen molar-refractivity contribution in [1.82, 2.24) is 0 Å². The Bertz CT molecular complexity index is 1250. The predicted octanol–water partition coefficient (Wildman–Crippen LogP) is 8.00. The number of rotatable bonds is 9. The first-order valence-corrected chi connectivity index (χ1v) is 12.3. The Hall–Kier alpha value is -3.75. The lowest BCUT2D eigenvalue weighted by Gasteiger charge is -2.14. The van der Waals surface area contributed by atoms with Gasteiger partial charge < -0.3 is 5.32 Å². The van der Waals surface area contributed by atoms with Crippen molar-refractivity contribution < 1.29 is 0 Å². The number of allylic oxidation sites excluding steroid dienone is 2. The third-order valence-corrected chi connectivity index (χ3v) is 6.19. The summed E-state index contributed by atoms with van der Waals surface area (Å²) >= 11 is 1.68. The van der Waals surface area contributed by atoms with Crippen LogP contribution in [0.2, 0.25) is 0 Å². The Morgan fingerprint density at radius 1 is 1.09 bits per heavy atom. The monoisotopic (exact) mass is 466 g/mol. The number of anilines is 1. The van der Waals surface area contributed by atoms with Crippen LogP contribution in [0.3, 0.4) is 0 Å². The summed E-state index contributed by atoms with van der Waals surface area (Å²) < 4.78 is 0. The zero-order chi connectivity index (χ0) is 24.3. The molecule has 5 heteroatoms. The molecular formula is C29H30N4S. The molecule has 0 saturated carbocycles. The molecule has 0 aliphatic rings. The molecule has 1 N–H and O–H groups in total. The van der Waals surface area contributed by atoms with Crippen molar-refractivity contribution in [3.8, 4) is 17.2 Å². The molecule has 172 valence electrons. The van der Waals surface area contributed by atoms with Crippen molar-refractivity contribution in [2.75, 3.05) is 5.32 Å². The van der Waals surface area contributed by atoms with Gasteiger partial charge in [-0.2, -0.15) is 5.26 Å². The molecule has 0 bridgehead atoms. The average molecular weight is 467 g/mol. The molecule has 34 heavy (non-hydrogen) atoms. The first kappa shape index (κ1) is 24.9. The van der Waals surface area contributed by atoms with Gasteiger partial charge in [0.15, 0.2) is 0 Å². The van der Waals surface area contributed by atoms with Crippen LogP contribution in [0.4, 0.5) is 5.00 Å². The minimum absolute atomic E-state index is 0.554. The van der Waals surface area contributed by atoms with Gasteiger partial charge in [-0.15, -0.1) is 11.3 Å². The summed E-state index contributed by atoms with van der Waals surface area (Å²) in [6.07, 6.45) is 6.91. The standard InChI is InChI=1S/C29H30N4S/c1-5-11-27(31-7-3)26(6-2)33-29-28(25(20-34-29)24-12-9-8-10-13-24)21(4)32-19-23-16-14-22(18-30)15-17-23/h6-17,20,33H,5,19H2,1-4H3/b26-6-,27-11-,31-7?,32-21?. The van der Waals surface area contributed by atoms with E-state index in [1.54, 1.807) is 11.3 Å². The lowest BCUT2D eigenvalue weighted by molar-refractivity contribution is 1.06. The Kier molecular flexibility index (Phi) is 9.13. The van der Waals surface area contributed by atoms with Crippen LogP contribution in [0.15, 0.2) is 93.5 Å². The summed E-state index contributed by atoms with van der Waals surface area (Å²) in [5, 5.41) is 15.9. The van der Waals surface area contributed by atoms with Crippen molar-refractivity contribution in [3.63, 3.8) is 0 Å². The quantitative estimate of drug-likeness (QED) is 0.256. The van der Waals surface area contributed by atoms with E-state index in [4.69, 9.17) is 10.3 Å². The number of hydrogen-bond donors (Lipinski definition) is 1. The van der Waals surface area contributed by atoms with E-state index < -0.39 is 0 Å². The molecular weight excluding hydrogens is 436 g/mol. The molecule has 1 aromatic heterocycles. The number of nitriles is 1. The van der Waals surface area contributed by atoms with Gasteiger partial charge in [0.1, 0.15) is 5.00 Å². The van der Waals surface area contributed by atoms with Gasteiger partial charge in [-0.3, -0.25) is 9.98 Å². The molecule has 0 unspecified atom stereocenters. The second-order valence-electron chi connectivity index (χ2n) is 7.64. The van der Waals surface area contributed by atoms with E-state index in [9.17, 15) is 0 Å². The summed E-state index contributed by atoms with van der Waals surface area (Å²) in [4.78, 5) is 9.49. The summed E-state index contributed by atoms with van der Waals surface area (Å²) in [5.41, 5.74) is 8.01. The number of thiophene rings is 1. The van der Waals surface area contributed by atoms with Crippen molar-refractivity contribution >= 4 is 28.3 Å². The van der Waals surface area contributed by atoms with E-state index in [-0.39, 0.29) is 0 Å². The Balaban J connectivity index is 2.01. The lowest BCUT2D eigenvalue weighted by Crippen LogP contribution is -2.06. The zero-order valence-electron chi connectivity index (χ0n) is 20.2. The van der Waals surface area contributed by atoms with Crippen LogP contribution in [0.1, 0.15) is 50.8 Å². The fraction of sp³-hybridized carbons (Fsp3) is 0.207. The predicted molar refractivity (Wildman–Crippen MR) is 147 cm³/mol. The first-order valence-electron chi connectivity index (χ1n) is 11.4. The summed E-state index contributed by atoms with van der Waals surface area (Å²) in [5.74, 6) is 0. The molecule has 3 aromatic rings. The lowest BCUT2D eigenvalue weighted by atomic mass is 10.0. The molecule has 3 rings (SSSR count). The number of nitrogens with zero attached hydrogens (tertiary/aromatic N) is 3. The second kappa shape index (κ2) is 12.5. The summed E-state index contributed by atoms with van der Waals surface area (Å²) in [7, 11) is 0. The maximum absolute atomic E-state index is 9.04. The van der Waals surface area contributed by atoms with E-state index in [2.05, 4.69) is 72.0 Å². The Morgan fingerprint density at radius 3 is 2.44 bits per heavy atom. The van der Waals surface area contributed by atoms with Gasteiger partial charge in [0, 0.05) is 28.4 Å². The minimum Gasteiger partial charge on any atom is -0.345 e. The molecule has 2 aromatic carbocycles. The topological polar surface area (TPSA) is 60.5 Å². The number of benzene rings is 2. The van der Waals surface area contributed by atoms with Crippen molar-refractivity contribution in [1.29, 1.82) is 5.26 Å². The maximum atomic E-state index is 9.04. The van der Waals surface area contributed by atoms with Crippen molar-refractivity contribution in [2.24, 2.45) is 9.98 Å². The highest BCUT2D eigenvalue weighted by Gasteiger charge is 2.17. The van der Waals surface area contributed by atoms with Gasteiger partial charge in [-0.05, 0) is 50.5 Å². The second-order valence-corrected chi connectivity index (χ2v) is 8.52. The van der Waals surface area contributed by atoms with Crippen molar-refractivity contribution in [2.45, 2.75) is 40.7 Å². The highest BCUT2D eigenvalue weighted by molar-refractivity contribution is 7.15. The maximum Gasteiger partial charge on any atom is 0.103 e. The van der Waals surface area contributed by atoms with E-state index in [1.165, 1.54) is 0 Å². The molecule has 0 atom stereocenters. The Morgan fingerprint density at radius 2 is 1.82 bits per heavy atom. The molecule has 0 saturated heterocycles. The fourth-order valence-corrected chi connectivity index (χ4v) is 4.62. The van der Waals surface area contributed by atoms with Crippen LogP contribution in [0, 0.1) is 11.3 Å². The third kappa shape index (κ3) is 6.18. The largest absolute Gasteiger partial charge is 0.345 e. The van der Waals surface area contributed by atoms with E-state index in [0.717, 1.165) is 50.8 Å². The van der Waals surface area contributed by atoms with Crippen LogP contribution in [-0.4, -0.2) is 11.9 Å². The molecule has 0 aliphatic carbocycles. The average Bonchev–Trinajstić information content (AvgIpc) is 3.30. The molecule has 4 nitrogen and oxygen atoms in total. The molecule has 0 aliphatic heterocycles. The van der Waals surface area contributed by atoms with Crippen LogP contribution < -0.4 is 5.32 Å². The number of nitrogens with one attached hydrogen (secondary N) is 1. The number of hydrogen-bond acceptors (Lipinski definition) is 5. The van der Waals surface area contributed by atoms with Crippen LogP contribution >= 0.6 is 11.3 Å². The van der Waals surface area contributed by atoms with Gasteiger partial charge in [-0.25, -0.2) is 0 Å². The van der Waals surface area contributed by atoms with Crippen LogP contribution in [0.5, 0.6) is 0 Å². The third-order valence-electron chi connectivity index (χ3n) is 5.30. The summed E-state index contributed by atoms with van der Waals surface area (Å²) in [6.45, 7) is 8.68. The van der Waals surface area contributed by atoms with Crippen molar-refractivity contribution in [3.05, 3.63) is 100 Å². The normalized spacial score (nSPS) is 12.7. The van der Waals surface area contributed by atoms with Gasteiger partial charge >= 0.3 is 0 Å².